The van der Waals surface area contributed by atoms with Gasteiger partial charge in [-0.25, -0.2) is 13.4 Å². The van der Waals surface area contributed by atoms with E-state index in [1.165, 1.54) is 5.01 Å². The first-order chi connectivity index (χ1) is 8.29. The molecule has 0 spiro atoms. The van der Waals surface area contributed by atoms with E-state index in [4.69, 9.17) is 5.11 Å². The second-order valence-electron chi connectivity index (χ2n) is 4.29. The number of hydrazine groups is 1. The average Bonchev–Trinajstić information content (AvgIpc) is 2.49. The molecule has 0 bridgehead atoms. The maximum absolute atomic E-state index is 12.1. The highest BCUT2D eigenvalue weighted by Gasteiger charge is 2.24. The minimum absolute atomic E-state index is 0.0520. The number of aryl methyl sites for hydroxylation is 2. The molecule has 0 fully saturated rings. The van der Waals surface area contributed by atoms with Crippen LogP contribution in [0, 0.1) is 13.8 Å². The summed E-state index contributed by atoms with van der Waals surface area (Å²) in [4.78, 5) is 2.59. The highest BCUT2D eigenvalue weighted by atomic mass is 32.2. The van der Waals surface area contributed by atoms with Crippen LogP contribution in [0.2, 0.25) is 0 Å². The van der Waals surface area contributed by atoms with E-state index in [0.717, 1.165) is 0 Å². The van der Waals surface area contributed by atoms with E-state index in [9.17, 15) is 8.42 Å². The number of nitrogens with zero attached hydrogens (tertiary/aromatic N) is 3. The van der Waals surface area contributed by atoms with Crippen LogP contribution in [0.3, 0.4) is 0 Å². The van der Waals surface area contributed by atoms with Gasteiger partial charge in [0.05, 0.1) is 11.4 Å². The molecule has 104 valence electrons. The van der Waals surface area contributed by atoms with Crippen molar-refractivity contribution in [3.63, 3.8) is 0 Å². The Morgan fingerprint density at radius 1 is 1.39 bits per heavy atom. The monoisotopic (exact) mass is 276 g/mol. The van der Waals surface area contributed by atoms with Gasteiger partial charge < -0.3 is 5.11 Å². The lowest BCUT2D eigenvalue weighted by molar-refractivity contribution is 0.276. The van der Waals surface area contributed by atoms with Crippen LogP contribution >= 0.6 is 0 Å². The lowest BCUT2D eigenvalue weighted by Crippen LogP contribution is -2.36. The Morgan fingerprint density at radius 3 is 2.50 bits per heavy atom. The molecule has 0 aliphatic carbocycles. The summed E-state index contributed by atoms with van der Waals surface area (Å²) >= 11 is 0. The van der Waals surface area contributed by atoms with Crippen LogP contribution in [0.5, 0.6) is 0 Å². The second-order valence-corrected chi connectivity index (χ2v) is 5.89. The van der Waals surface area contributed by atoms with Crippen LogP contribution in [0.15, 0.2) is 4.90 Å². The zero-order valence-electron chi connectivity index (χ0n) is 11.1. The molecule has 0 atom stereocenters. The predicted molar refractivity (Wildman–Crippen MR) is 67.4 cm³/mol. The predicted octanol–water partition coefficient (Wildman–Crippen LogP) is -0.363. The number of nitrogens with one attached hydrogen (secondary N) is 1. The fourth-order valence-corrected chi connectivity index (χ4v) is 3.29. The van der Waals surface area contributed by atoms with Crippen LogP contribution in [0.25, 0.3) is 0 Å². The summed E-state index contributed by atoms with van der Waals surface area (Å²) in [5.41, 5.74) is 1.04. The zero-order valence-corrected chi connectivity index (χ0v) is 12.0. The normalized spacial score (nSPS) is 12.3. The van der Waals surface area contributed by atoms with Crippen LogP contribution in [0.4, 0.5) is 0 Å². The van der Waals surface area contributed by atoms with Gasteiger partial charge in [0, 0.05) is 27.2 Å². The highest BCUT2D eigenvalue weighted by molar-refractivity contribution is 7.89. The van der Waals surface area contributed by atoms with Crippen molar-refractivity contribution < 1.29 is 13.5 Å². The van der Waals surface area contributed by atoms with Crippen LogP contribution < -0.4 is 4.83 Å². The van der Waals surface area contributed by atoms with E-state index in [-0.39, 0.29) is 11.5 Å². The van der Waals surface area contributed by atoms with Crippen LogP contribution in [0.1, 0.15) is 17.8 Å². The third-order valence-corrected chi connectivity index (χ3v) is 4.15. The summed E-state index contributed by atoms with van der Waals surface area (Å²) in [5, 5.41) is 14.4. The zero-order chi connectivity index (χ0) is 13.9. The topological polar surface area (TPSA) is 87.5 Å². The third kappa shape index (κ3) is 3.29. The molecule has 1 aromatic rings. The van der Waals surface area contributed by atoms with Gasteiger partial charge >= 0.3 is 0 Å². The molecule has 0 radical (unpaired) electrons. The molecule has 0 aromatic carbocycles. The van der Waals surface area contributed by atoms with Crippen molar-refractivity contribution in [2.75, 3.05) is 20.7 Å². The molecule has 1 heterocycles. The van der Waals surface area contributed by atoms with Gasteiger partial charge in [0.25, 0.3) is 10.0 Å². The highest BCUT2D eigenvalue weighted by Crippen LogP contribution is 2.19. The molecule has 0 unspecified atom stereocenters. The molecule has 1 rings (SSSR count). The first-order valence-electron chi connectivity index (χ1n) is 5.64. The summed E-state index contributed by atoms with van der Waals surface area (Å²) < 4.78 is 25.8. The van der Waals surface area contributed by atoms with E-state index < -0.39 is 10.0 Å². The molecule has 18 heavy (non-hydrogen) atoms. The number of rotatable bonds is 6. The number of hydrogen-bond acceptors (Lipinski definition) is 5. The Bertz CT molecular complexity index is 507. The Morgan fingerprint density at radius 2 is 2.00 bits per heavy atom. The van der Waals surface area contributed by atoms with Gasteiger partial charge in [-0.2, -0.15) is 5.10 Å². The molecule has 0 saturated heterocycles. The first kappa shape index (κ1) is 15.1. The van der Waals surface area contributed by atoms with E-state index in [2.05, 4.69) is 9.93 Å². The molecule has 8 heteroatoms. The SMILES string of the molecule is Cc1nn(CCCO)c(C)c1S(=O)(=O)NN(C)C. The Hall–Kier alpha value is -0.960. The number of aromatic nitrogens is 2. The van der Waals surface area contributed by atoms with Gasteiger partial charge in [-0.1, -0.05) is 0 Å². The fraction of sp³-hybridized carbons (Fsp3) is 0.700. The van der Waals surface area contributed by atoms with Crippen molar-refractivity contribution in [1.29, 1.82) is 0 Å². The molecule has 1 aromatic heterocycles. The summed E-state index contributed by atoms with van der Waals surface area (Å²) in [6, 6.07) is 0. The van der Waals surface area contributed by atoms with E-state index in [1.807, 2.05) is 0 Å². The van der Waals surface area contributed by atoms with Gasteiger partial charge in [-0.15, -0.1) is 4.83 Å². The smallest absolute Gasteiger partial charge is 0.257 e. The minimum atomic E-state index is -3.59. The molecule has 0 amide bonds. The van der Waals surface area contributed by atoms with Gasteiger partial charge in [0.1, 0.15) is 4.90 Å². The summed E-state index contributed by atoms with van der Waals surface area (Å²) in [7, 11) is -0.376. The molecule has 0 aliphatic rings. The van der Waals surface area contributed by atoms with Crippen LogP contribution in [-0.4, -0.2) is 49.0 Å². The quantitative estimate of drug-likeness (QED) is 0.693. The van der Waals surface area contributed by atoms with E-state index >= 15 is 0 Å². The van der Waals surface area contributed by atoms with Crippen molar-refractivity contribution in [3.05, 3.63) is 11.4 Å². The Balaban J connectivity index is 3.13. The second kappa shape index (κ2) is 5.79. The number of aliphatic hydroxyl groups is 1. The van der Waals surface area contributed by atoms with Crippen molar-refractivity contribution in [2.45, 2.75) is 31.7 Å². The lowest BCUT2D eigenvalue weighted by Gasteiger charge is -2.12. The van der Waals surface area contributed by atoms with Gasteiger partial charge in [0.15, 0.2) is 0 Å². The standard InChI is InChI=1S/C10H20N4O3S/c1-8-10(18(16,17)12-13(3)4)9(2)14(11-8)6-5-7-15/h12,15H,5-7H2,1-4H3. The van der Waals surface area contributed by atoms with Gasteiger partial charge in [-0.05, 0) is 20.3 Å². The first-order valence-corrected chi connectivity index (χ1v) is 7.12. The molecule has 0 aliphatic heterocycles. The van der Waals surface area contributed by atoms with Crippen molar-refractivity contribution >= 4 is 10.0 Å². The molecular formula is C10H20N4O3S. The van der Waals surface area contributed by atoms with Gasteiger partial charge in [-0.3, -0.25) is 4.68 Å². The van der Waals surface area contributed by atoms with Crippen LogP contribution in [-0.2, 0) is 16.6 Å². The third-order valence-electron chi connectivity index (χ3n) is 2.41. The fourth-order valence-electron chi connectivity index (χ4n) is 1.79. The number of aliphatic hydroxyl groups excluding tert-OH is 1. The van der Waals surface area contributed by atoms with Crippen molar-refractivity contribution in [1.82, 2.24) is 19.6 Å². The van der Waals surface area contributed by atoms with Crippen molar-refractivity contribution in [2.24, 2.45) is 0 Å². The largest absolute Gasteiger partial charge is 0.396 e. The van der Waals surface area contributed by atoms with Gasteiger partial charge in [0.2, 0.25) is 0 Å². The Labute approximate surface area is 107 Å². The lowest BCUT2D eigenvalue weighted by atomic mass is 10.4. The maximum atomic E-state index is 12.1. The Kier molecular flexibility index (Phi) is 4.85. The minimum Gasteiger partial charge on any atom is -0.396 e. The summed E-state index contributed by atoms with van der Waals surface area (Å²) in [6.07, 6.45) is 0.544. The molecular weight excluding hydrogens is 256 g/mol. The van der Waals surface area contributed by atoms with Crippen molar-refractivity contribution in [3.8, 4) is 0 Å². The average molecular weight is 276 g/mol. The summed E-state index contributed by atoms with van der Waals surface area (Å²) in [5.74, 6) is 0. The number of hydrogen-bond donors (Lipinski definition) is 2. The molecule has 7 nitrogen and oxygen atoms in total. The molecule has 2 N–H and O–H groups in total. The maximum Gasteiger partial charge on any atom is 0.257 e. The molecule has 0 saturated carbocycles. The number of sulfonamides is 1. The van der Waals surface area contributed by atoms with E-state index in [0.29, 0.717) is 24.4 Å². The van der Waals surface area contributed by atoms with E-state index in [1.54, 1.807) is 32.6 Å². The summed E-state index contributed by atoms with van der Waals surface area (Å²) in [6.45, 7) is 3.92.